The standard InChI is InChI=1S/C16H13F4N5/c17-12-6-13-9(5-11(12)16(18,19)20)10-7-22-8-23-14(10)15(24-13)25-3-1-21-2-4-25/h5-8,21H,1-4H2. The van der Waals surface area contributed by atoms with Crippen molar-refractivity contribution in [2.24, 2.45) is 0 Å². The molecule has 1 saturated heterocycles. The van der Waals surface area contributed by atoms with Crippen LogP contribution in [-0.4, -0.2) is 41.1 Å². The van der Waals surface area contributed by atoms with Crippen molar-refractivity contribution in [1.29, 1.82) is 0 Å². The monoisotopic (exact) mass is 351 g/mol. The molecule has 3 heterocycles. The molecule has 0 bridgehead atoms. The van der Waals surface area contributed by atoms with E-state index in [2.05, 4.69) is 20.3 Å². The highest BCUT2D eigenvalue weighted by molar-refractivity contribution is 6.08. The Balaban J connectivity index is 2.02. The van der Waals surface area contributed by atoms with Crippen LogP contribution in [0.5, 0.6) is 0 Å². The van der Waals surface area contributed by atoms with Gasteiger partial charge < -0.3 is 10.2 Å². The summed E-state index contributed by atoms with van der Waals surface area (Å²) in [5.74, 6) is -0.805. The molecule has 1 aliphatic heterocycles. The maximum atomic E-state index is 14.0. The molecule has 1 aliphatic rings. The van der Waals surface area contributed by atoms with Gasteiger partial charge in [-0.15, -0.1) is 0 Å². The first-order valence-electron chi connectivity index (χ1n) is 7.71. The van der Waals surface area contributed by atoms with E-state index < -0.39 is 17.6 Å². The number of anilines is 1. The second-order valence-electron chi connectivity index (χ2n) is 5.80. The van der Waals surface area contributed by atoms with Gasteiger partial charge in [0.05, 0.1) is 11.1 Å². The van der Waals surface area contributed by atoms with Gasteiger partial charge in [0.1, 0.15) is 17.7 Å². The number of pyridine rings is 1. The van der Waals surface area contributed by atoms with E-state index in [4.69, 9.17) is 0 Å². The first kappa shape index (κ1) is 15.9. The van der Waals surface area contributed by atoms with Crippen LogP contribution in [0.3, 0.4) is 0 Å². The van der Waals surface area contributed by atoms with Gasteiger partial charge in [-0.25, -0.2) is 19.3 Å². The van der Waals surface area contributed by atoms with Crippen LogP contribution in [0.25, 0.3) is 21.8 Å². The fourth-order valence-corrected chi connectivity index (χ4v) is 3.06. The van der Waals surface area contributed by atoms with Crippen LogP contribution < -0.4 is 10.2 Å². The Bertz CT molecular complexity index is 951. The topological polar surface area (TPSA) is 53.9 Å². The van der Waals surface area contributed by atoms with Gasteiger partial charge in [-0.2, -0.15) is 13.2 Å². The SMILES string of the molecule is Fc1cc2nc(N3CCNCC3)c3ncncc3c2cc1C(F)(F)F. The number of benzene rings is 1. The molecule has 0 radical (unpaired) electrons. The second-order valence-corrected chi connectivity index (χ2v) is 5.80. The second kappa shape index (κ2) is 5.76. The average Bonchev–Trinajstić information content (AvgIpc) is 2.60. The van der Waals surface area contributed by atoms with E-state index in [1.807, 2.05) is 4.90 Å². The zero-order valence-electron chi connectivity index (χ0n) is 12.9. The summed E-state index contributed by atoms with van der Waals surface area (Å²) in [7, 11) is 0. The Morgan fingerprint density at radius 2 is 1.84 bits per heavy atom. The van der Waals surface area contributed by atoms with Crippen LogP contribution in [0.4, 0.5) is 23.4 Å². The Labute approximate surface area is 139 Å². The molecule has 1 aromatic carbocycles. The minimum absolute atomic E-state index is 0.154. The van der Waals surface area contributed by atoms with Crippen LogP contribution in [0, 0.1) is 5.82 Å². The number of fused-ring (bicyclic) bond motifs is 3. The molecule has 25 heavy (non-hydrogen) atoms. The van der Waals surface area contributed by atoms with Gasteiger partial charge in [0.15, 0.2) is 5.82 Å². The number of alkyl halides is 3. The molecule has 4 rings (SSSR count). The van der Waals surface area contributed by atoms with Crippen molar-refractivity contribution < 1.29 is 17.6 Å². The van der Waals surface area contributed by atoms with Gasteiger partial charge in [0, 0.05) is 49.2 Å². The molecule has 1 N–H and O–H groups in total. The van der Waals surface area contributed by atoms with Crippen LogP contribution >= 0.6 is 0 Å². The van der Waals surface area contributed by atoms with Crippen molar-refractivity contribution in [3.05, 3.63) is 36.0 Å². The van der Waals surface area contributed by atoms with E-state index in [9.17, 15) is 17.6 Å². The summed E-state index contributed by atoms with van der Waals surface area (Å²) in [6.45, 7) is 2.88. The van der Waals surface area contributed by atoms with Gasteiger partial charge in [-0.05, 0) is 6.07 Å². The normalized spacial score (nSPS) is 15.9. The highest BCUT2D eigenvalue weighted by Crippen LogP contribution is 2.36. The van der Waals surface area contributed by atoms with Gasteiger partial charge in [0.2, 0.25) is 0 Å². The highest BCUT2D eigenvalue weighted by atomic mass is 19.4. The van der Waals surface area contributed by atoms with E-state index in [0.29, 0.717) is 29.8 Å². The molecule has 1 fully saturated rings. The molecule has 0 atom stereocenters. The minimum Gasteiger partial charge on any atom is -0.352 e. The van der Waals surface area contributed by atoms with E-state index >= 15 is 0 Å². The third-order valence-electron chi connectivity index (χ3n) is 4.25. The molecular formula is C16H13F4N5. The molecule has 0 amide bonds. The van der Waals surface area contributed by atoms with Crippen molar-refractivity contribution >= 4 is 27.6 Å². The third-order valence-corrected chi connectivity index (χ3v) is 4.25. The summed E-state index contributed by atoms with van der Waals surface area (Å²) >= 11 is 0. The lowest BCUT2D eigenvalue weighted by Crippen LogP contribution is -2.44. The van der Waals surface area contributed by atoms with Gasteiger partial charge in [0.25, 0.3) is 0 Å². The van der Waals surface area contributed by atoms with Crippen molar-refractivity contribution in [1.82, 2.24) is 20.3 Å². The molecule has 2 aromatic heterocycles. The molecule has 0 saturated carbocycles. The first-order chi connectivity index (χ1) is 11.9. The molecule has 0 aliphatic carbocycles. The molecule has 0 unspecified atom stereocenters. The molecule has 9 heteroatoms. The van der Waals surface area contributed by atoms with Crippen molar-refractivity contribution in [3.8, 4) is 0 Å². The molecule has 5 nitrogen and oxygen atoms in total. The van der Waals surface area contributed by atoms with Gasteiger partial charge in [-0.3, -0.25) is 0 Å². The van der Waals surface area contributed by atoms with E-state index in [1.165, 1.54) is 12.5 Å². The summed E-state index contributed by atoms with van der Waals surface area (Å²) < 4.78 is 53.1. The summed E-state index contributed by atoms with van der Waals surface area (Å²) in [4.78, 5) is 14.5. The van der Waals surface area contributed by atoms with Crippen molar-refractivity contribution in [2.45, 2.75) is 6.18 Å². The summed E-state index contributed by atoms with van der Waals surface area (Å²) in [5, 5.41) is 3.82. The lowest BCUT2D eigenvalue weighted by molar-refractivity contribution is -0.139. The molecule has 3 aromatic rings. The van der Waals surface area contributed by atoms with Crippen molar-refractivity contribution in [3.63, 3.8) is 0 Å². The number of nitrogens with zero attached hydrogens (tertiary/aromatic N) is 4. The Hall–Kier alpha value is -2.55. The Morgan fingerprint density at radius 3 is 2.56 bits per heavy atom. The summed E-state index contributed by atoms with van der Waals surface area (Å²) in [6, 6.07) is 1.61. The fourth-order valence-electron chi connectivity index (χ4n) is 3.06. The lowest BCUT2D eigenvalue weighted by Gasteiger charge is -2.29. The number of halogens is 4. The number of piperazine rings is 1. The maximum Gasteiger partial charge on any atom is 0.419 e. The number of nitrogens with one attached hydrogen (secondary N) is 1. The highest BCUT2D eigenvalue weighted by Gasteiger charge is 2.35. The van der Waals surface area contributed by atoms with E-state index in [-0.39, 0.29) is 10.9 Å². The van der Waals surface area contributed by atoms with E-state index in [0.717, 1.165) is 25.2 Å². The number of hydrogen-bond donors (Lipinski definition) is 1. The fraction of sp³-hybridized carbons (Fsp3) is 0.312. The van der Waals surface area contributed by atoms with E-state index in [1.54, 1.807) is 0 Å². The molecular weight excluding hydrogens is 338 g/mol. The third kappa shape index (κ3) is 2.74. The summed E-state index contributed by atoms with van der Waals surface area (Å²) in [5.41, 5.74) is -0.702. The Morgan fingerprint density at radius 1 is 1.08 bits per heavy atom. The van der Waals surface area contributed by atoms with Gasteiger partial charge >= 0.3 is 6.18 Å². The lowest BCUT2D eigenvalue weighted by atomic mass is 10.1. The van der Waals surface area contributed by atoms with Crippen molar-refractivity contribution in [2.75, 3.05) is 31.1 Å². The minimum atomic E-state index is -4.78. The smallest absolute Gasteiger partial charge is 0.352 e. The predicted octanol–water partition coefficient (Wildman–Crippen LogP) is 2.75. The molecule has 0 spiro atoms. The zero-order chi connectivity index (χ0) is 17.6. The molecule has 130 valence electrons. The maximum absolute atomic E-state index is 14.0. The summed E-state index contributed by atoms with van der Waals surface area (Å²) in [6.07, 6.45) is -2.01. The van der Waals surface area contributed by atoms with Crippen LogP contribution in [-0.2, 0) is 6.18 Å². The zero-order valence-corrected chi connectivity index (χ0v) is 12.9. The van der Waals surface area contributed by atoms with Crippen LogP contribution in [0.2, 0.25) is 0 Å². The number of rotatable bonds is 1. The quantitative estimate of drug-likeness (QED) is 0.540. The van der Waals surface area contributed by atoms with Gasteiger partial charge in [-0.1, -0.05) is 0 Å². The van der Waals surface area contributed by atoms with Crippen LogP contribution in [0.1, 0.15) is 5.56 Å². The largest absolute Gasteiger partial charge is 0.419 e. The number of hydrogen-bond acceptors (Lipinski definition) is 5. The average molecular weight is 351 g/mol. The van der Waals surface area contributed by atoms with Crippen LogP contribution in [0.15, 0.2) is 24.7 Å². The Kier molecular flexibility index (Phi) is 3.68. The number of aromatic nitrogens is 3. The first-order valence-corrected chi connectivity index (χ1v) is 7.71. The predicted molar refractivity (Wildman–Crippen MR) is 84.9 cm³/mol.